The molecule has 1 aromatic carbocycles. The summed E-state index contributed by atoms with van der Waals surface area (Å²) >= 11 is 0. The molecular formula is C29H37NO4. The molecule has 1 aromatic heterocycles. The molecule has 5 nitrogen and oxygen atoms in total. The number of carbonyl (C=O) groups is 1. The Morgan fingerprint density at radius 2 is 2.03 bits per heavy atom. The fourth-order valence-corrected chi connectivity index (χ4v) is 7.77. The van der Waals surface area contributed by atoms with Crippen LogP contribution in [0.15, 0.2) is 53.1 Å². The molecule has 3 heterocycles. The monoisotopic (exact) mass is 463 g/mol. The minimum Gasteiger partial charge on any atom is -0.469 e. The zero-order valence-electron chi connectivity index (χ0n) is 20.4. The van der Waals surface area contributed by atoms with Crippen LogP contribution in [0.1, 0.15) is 63.2 Å². The van der Waals surface area contributed by atoms with E-state index in [9.17, 15) is 4.79 Å². The number of esters is 1. The van der Waals surface area contributed by atoms with E-state index in [1.807, 2.05) is 6.07 Å². The number of hydrogen-bond donors (Lipinski definition) is 1. The first-order valence-electron chi connectivity index (χ1n) is 13.2. The molecule has 1 spiro atoms. The SMILES string of the molecule is C[C@H]1CCC[C@]2(C)C[C@H]3OC(=O)[C@H](CNCC[C@@H](Cc4ccccc4)c4ccco4)[C@H]3[C@@H]3O[C@@]132. The lowest BCUT2D eigenvalue weighted by atomic mass is 9.53. The van der Waals surface area contributed by atoms with Crippen molar-refractivity contribution in [2.75, 3.05) is 13.1 Å². The standard InChI is InChI=1S/C29H37NO4/c1-19-8-6-13-28(2)17-24-25(26-29(19,28)34-26)22(27(31)33-24)18-30-14-12-21(23-11-7-15-32-23)16-20-9-4-3-5-10-20/h3-5,7,9-11,15,19,21-22,24-26,30H,6,8,12-14,16-18H2,1-2H3/t19-,21-,22+,24+,25+,26-,28+,29-/m0/s1. The molecule has 4 aliphatic rings. The van der Waals surface area contributed by atoms with Crippen molar-refractivity contribution in [3.8, 4) is 0 Å². The molecule has 182 valence electrons. The van der Waals surface area contributed by atoms with Crippen LogP contribution in [0.25, 0.3) is 0 Å². The largest absolute Gasteiger partial charge is 0.469 e. The fourth-order valence-electron chi connectivity index (χ4n) is 7.77. The number of ether oxygens (including phenoxy) is 2. The van der Waals surface area contributed by atoms with Crippen LogP contribution in [0.4, 0.5) is 0 Å². The molecule has 0 radical (unpaired) electrons. The molecule has 5 heteroatoms. The molecule has 4 fully saturated rings. The summed E-state index contributed by atoms with van der Waals surface area (Å²) in [6.07, 6.45) is 8.49. The second-order valence-corrected chi connectivity index (χ2v) is 11.4. The van der Waals surface area contributed by atoms with Gasteiger partial charge in [0.15, 0.2) is 0 Å². The summed E-state index contributed by atoms with van der Waals surface area (Å²) in [5.74, 6) is 1.95. The van der Waals surface area contributed by atoms with Crippen LogP contribution in [0, 0.1) is 23.2 Å². The Bertz CT molecular complexity index is 1010. The van der Waals surface area contributed by atoms with Crippen LogP contribution >= 0.6 is 0 Å². The van der Waals surface area contributed by atoms with Crippen LogP contribution < -0.4 is 5.32 Å². The molecule has 34 heavy (non-hydrogen) atoms. The summed E-state index contributed by atoms with van der Waals surface area (Å²) < 4.78 is 18.3. The maximum absolute atomic E-state index is 12.9. The van der Waals surface area contributed by atoms with E-state index in [-0.39, 0.29) is 41.0 Å². The van der Waals surface area contributed by atoms with Gasteiger partial charge in [0.2, 0.25) is 0 Å². The lowest BCUT2D eigenvalue weighted by Gasteiger charge is -2.48. The summed E-state index contributed by atoms with van der Waals surface area (Å²) in [6.45, 7) is 6.23. The highest BCUT2D eigenvalue weighted by Crippen LogP contribution is 2.70. The van der Waals surface area contributed by atoms with Crippen molar-refractivity contribution >= 4 is 5.97 Å². The molecule has 2 aromatic rings. The number of furan rings is 1. The molecule has 0 unspecified atom stereocenters. The van der Waals surface area contributed by atoms with Crippen molar-refractivity contribution in [1.29, 1.82) is 0 Å². The molecule has 2 saturated heterocycles. The summed E-state index contributed by atoms with van der Waals surface area (Å²) in [7, 11) is 0. The van der Waals surface area contributed by atoms with E-state index in [2.05, 4.69) is 55.6 Å². The number of rotatable bonds is 8. The number of benzene rings is 1. The van der Waals surface area contributed by atoms with Crippen LogP contribution in [0.2, 0.25) is 0 Å². The normalized spacial score (nSPS) is 39.0. The third-order valence-corrected chi connectivity index (χ3v) is 9.50. The van der Waals surface area contributed by atoms with E-state index in [0.717, 1.165) is 31.6 Å². The molecule has 2 aliphatic carbocycles. The van der Waals surface area contributed by atoms with E-state index in [0.29, 0.717) is 18.4 Å². The Balaban J connectivity index is 1.09. The number of carbonyl (C=O) groups excluding carboxylic acids is 1. The summed E-state index contributed by atoms with van der Waals surface area (Å²) in [4.78, 5) is 12.9. The summed E-state index contributed by atoms with van der Waals surface area (Å²) in [6, 6.07) is 14.6. The second kappa shape index (κ2) is 8.53. The first kappa shape index (κ1) is 22.4. The Morgan fingerprint density at radius 3 is 2.82 bits per heavy atom. The van der Waals surface area contributed by atoms with Crippen molar-refractivity contribution < 1.29 is 18.7 Å². The Morgan fingerprint density at radius 1 is 1.18 bits per heavy atom. The maximum Gasteiger partial charge on any atom is 0.311 e. The maximum atomic E-state index is 12.9. The molecule has 0 bridgehead atoms. The lowest BCUT2D eigenvalue weighted by molar-refractivity contribution is -0.146. The Labute approximate surface area is 202 Å². The zero-order chi connectivity index (χ0) is 23.3. The number of hydrogen-bond acceptors (Lipinski definition) is 5. The first-order valence-corrected chi connectivity index (χ1v) is 13.2. The lowest BCUT2D eigenvalue weighted by Crippen LogP contribution is -2.54. The Kier molecular flexibility index (Phi) is 5.61. The van der Waals surface area contributed by atoms with E-state index in [1.165, 1.54) is 24.8 Å². The third-order valence-electron chi connectivity index (χ3n) is 9.50. The Hall–Kier alpha value is -2.11. The molecule has 2 aliphatic heterocycles. The van der Waals surface area contributed by atoms with Gasteiger partial charge in [-0.25, -0.2) is 0 Å². The van der Waals surface area contributed by atoms with Crippen molar-refractivity contribution in [2.24, 2.45) is 23.2 Å². The smallest absolute Gasteiger partial charge is 0.311 e. The summed E-state index contributed by atoms with van der Waals surface area (Å²) in [5, 5.41) is 3.60. The van der Waals surface area contributed by atoms with Gasteiger partial charge >= 0.3 is 5.97 Å². The average Bonchev–Trinajstić information content (AvgIpc) is 3.20. The van der Waals surface area contributed by atoms with Gasteiger partial charge in [-0.15, -0.1) is 0 Å². The van der Waals surface area contributed by atoms with Gasteiger partial charge in [0.25, 0.3) is 0 Å². The van der Waals surface area contributed by atoms with Gasteiger partial charge in [-0.05, 0) is 62.3 Å². The van der Waals surface area contributed by atoms with Gasteiger partial charge < -0.3 is 19.2 Å². The van der Waals surface area contributed by atoms with E-state index in [4.69, 9.17) is 13.9 Å². The highest BCUT2D eigenvalue weighted by molar-refractivity contribution is 5.76. The van der Waals surface area contributed by atoms with Crippen molar-refractivity contribution in [1.82, 2.24) is 5.32 Å². The molecule has 8 atom stereocenters. The van der Waals surface area contributed by atoms with Crippen molar-refractivity contribution in [2.45, 2.75) is 76.1 Å². The van der Waals surface area contributed by atoms with Gasteiger partial charge in [0.05, 0.1) is 18.3 Å². The highest BCUT2D eigenvalue weighted by atomic mass is 16.6. The quantitative estimate of drug-likeness (QED) is 0.335. The summed E-state index contributed by atoms with van der Waals surface area (Å²) in [5.41, 5.74) is 1.43. The molecular weight excluding hydrogens is 426 g/mol. The van der Waals surface area contributed by atoms with Crippen LogP contribution in [0.3, 0.4) is 0 Å². The van der Waals surface area contributed by atoms with Gasteiger partial charge in [-0.2, -0.15) is 0 Å². The van der Waals surface area contributed by atoms with Crippen molar-refractivity contribution in [3.63, 3.8) is 0 Å². The van der Waals surface area contributed by atoms with Gasteiger partial charge in [0.1, 0.15) is 17.5 Å². The highest BCUT2D eigenvalue weighted by Gasteiger charge is 2.78. The topological polar surface area (TPSA) is 64.0 Å². The van der Waals surface area contributed by atoms with Crippen LogP contribution in [0.5, 0.6) is 0 Å². The molecule has 6 rings (SSSR count). The van der Waals surface area contributed by atoms with Gasteiger partial charge in [0, 0.05) is 23.8 Å². The van der Waals surface area contributed by atoms with Crippen molar-refractivity contribution in [3.05, 3.63) is 60.1 Å². The molecule has 1 N–H and O–H groups in total. The first-order chi connectivity index (χ1) is 16.5. The molecule has 0 amide bonds. The van der Waals surface area contributed by atoms with E-state index >= 15 is 0 Å². The number of fused-ring (bicyclic) bond motifs is 2. The zero-order valence-corrected chi connectivity index (χ0v) is 20.4. The van der Waals surface area contributed by atoms with E-state index in [1.54, 1.807) is 6.26 Å². The van der Waals surface area contributed by atoms with Gasteiger partial charge in [-0.3, -0.25) is 4.79 Å². The molecule has 2 saturated carbocycles. The number of epoxide rings is 1. The van der Waals surface area contributed by atoms with Crippen LogP contribution in [-0.4, -0.2) is 36.9 Å². The fraction of sp³-hybridized carbons (Fsp3) is 0.621. The second-order valence-electron chi connectivity index (χ2n) is 11.4. The minimum absolute atomic E-state index is 0.0178. The van der Waals surface area contributed by atoms with Crippen LogP contribution in [-0.2, 0) is 20.7 Å². The predicted octanol–water partition coefficient (Wildman–Crippen LogP) is 5.11. The predicted molar refractivity (Wildman–Crippen MR) is 129 cm³/mol. The number of nitrogens with one attached hydrogen (secondary N) is 1. The minimum atomic E-state index is -0.107. The third kappa shape index (κ3) is 3.54. The van der Waals surface area contributed by atoms with E-state index < -0.39 is 0 Å². The van der Waals surface area contributed by atoms with Gasteiger partial charge in [-0.1, -0.05) is 50.6 Å². The average molecular weight is 464 g/mol.